The number of nitrogens with zero attached hydrogens (tertiary/aromatic N) is 2. The van der Waals surface area contributed by atoms with E-state index in [9.17, 15) is 0 Å². The molecule has 0 amide bonds. The molecule has 0 N–H and O–H groups in total. The Morgan fingerprint density at radius 3 is 2.82 bits per heavy atom. The summed E-state index contributed by atoms with van der Waals surface area (Å²) in [6.45, 7) is 6.60. The van der Waals surface area contributed by atoms with Gasteiger partial charge in [-0.1, -0.05) is 30.1 Å². The molecule has 2 unspecified atom stereocenters. The average molecular weight is 273 g/mol. The Labute approximate surface area is 113 Å². The lowest BCUT2D eigenvalue weighted by Gasteiger charge is -2.36. The SMILES string of the molecule is CC1CCC(C)N(Cc2cnc(Cl)cc2Cl)C1. The summed E-state index contributed by atoms with van der Waals surface area (Å²) < 4.78 is 0. The van der Waals surface area contributed by atoms with Crippen molar-refractivity contribution in [2.45, 2.75) is 39.3 Å². The maximum absolute atomic E-state index is 6.18. The van der Waals surface area contributed by atoms with Gasteiger partial charge in [0.2, 0.25) is 0 Å². The topological polar surface area (TPSA) is 16.1 Å². The molecule has 2 nitrogen and oxygen atoms in total. The third-order valence-corrected chi connectivity index (χ3v) is 4.08. The Kier molecular flexibility index (Phi) is 4.29. The van der Waals surface area contributed by atoms with Gasteiger partial charge in [0.15, 0.2) is 0 Å². The van der Waals surface area contributed by atoms with Crippen molar-refractivity contribution in [3.05, 3.63) is 28.0 Å². The van der Waals surface area contributed by atoms with E-state index in [0.29, 0.717) is 11.2 Å². The quantitative estimate of drug-likeness (QED) is 0.757. The van der Waals surface area contributed by atoms with Gasteiger partial charge in [-0.25, -0.2) is 4.98 Å². The molecule has 0 aromatic carbocycles. The molecule has 2 heterocycles. The van der Waals surface area contributed by atoms with Crippen molar-refractivity contribution >= 4 is 23.2 Å². The summed E-state index contributed by atoms with van der Waals surface area (Å²) >= 11 is 12.0. The molecule has 0 aliphatic carbocycles. The van der Waals surface area contributed by atoms with Gasteiger partial charge >= 0.3 is 0 Å². The second kappa shape index (κ2) is 5.55. The van der Waals surface area contributed by atoms with E-state index in [-0.39, 0.29) is 0 Å². The Hall–Kier alpha value is -0.310. The molecule has 0 saturated carbocycles. The molecule has 0 spiro atoms. The smallest absolute Gasteiger partial charge is 0.130 e. The van der Waals surface area contributed by atoms with E-state index in [1.807, 2.05) is 0 Å². The van der Waals surface area contributed by atoms with E-state index in [0.717, 1.165) is 29.6 Å². The highest BCUT2D eigenvalue weighted by Gasteiger charge is 2.23. The third kappa shape index (κ3) is 3.34. The second-order valence-corrected chi connectivity index (χ2v) is 5.85. The number of piperidine rings is 1. The Balaban J connectivity index is 2.08. The zero-order valence-corrected chi connectivity index (χ0v) is 11.8. The average Bonchev–Trinajstić information content (AvgIpc) is 2.27. The fraction of sp³-hybridized carbons (Fsp3) is 0.615. The summed E-state index contributed by atoms with van der Waals surface area (Å²) in [6, 6.07) is 2.34. The first-order valence-corrected chi connectivity index (χ1v) is 6.86. The summed E-state index contributed by atoms with van der Waals surface area (Å²) in [6.07, 6.45) is 4.38. The molecular weight excluding hydrogens is 255 g/mol. The zero-order valence-electron chi connectivity index (χ0n) is 10.3. The van der Waals surface area contributed by atoms with Gasteiger partial charge in [-0.2, -0.15) is 0 Å². The number of hydrogen-bond donors (Lipinski definition) is 0. The van der Waals surface area contributed by atoms with Gasteiger partial charge in [0.25, 0.3) is 0 Å². The van der Waals surface area contributed by atoms with Gasteiger partial charge in [0, 0.05) is 35.9 Å². The fourth-order valence-electron chi connectivity index (χ4n) is 2.37. The van der Waals surface area contributed by atoms with Crippen LogP contribution in [-0.2, 0) is 6.54 Å². The van der Waals surface area contributed by atoms with Crippen LogP contribution < -0.4 is 0 Å². The van der Waals surface area contributed by atoms with Crippen LogP contribution >= 0.6 is 23.2 Å². The van der Waals surface area contributed by atoms with Gasteiger partial charge in [0.1, 0.15) is 5.15 Å². The fourth-order valence-corrected chi connectivity index (χ4v) is 2.80. The van der Waals surface area contributed by atoms with Crippen LogP contribution in [0.2, 0.25) is 10.2 Å². The first kappa shape index (κ1) is 13.1. The lowest BCUT2D eigenvalue weighted by Crippen LogP contribution is -2.40. The van der Waals surface area contributed by atoms with Crippen LogP contribution in [0.1, 0.15) is 32.3 Å². The molecule has 17 heavy (non-hydrogen) atoms. The number of likely N-dealkylation sites (tertiary alicyclic amines) is 1. The minimum atomic E-state index is 0.457. The third-order valence-electron chi connectivity index (χ3n) is 3.52. The van der Waals surface area contributed by atoms with Crippen LogP contribution in [-0.4, -0.2) is 22.5 Å². The molecule has 0 radical (unpaired) electrons. The van der Waals surface area contributed by atoms with Crippen molar-refractivity contribution in [3.63, 3.8) is 0 Å². The lowest BCUT2D eigenvalue weighted by atomic mass is 9.95. The number of aromatic nitrogens is 1. The zero-order chi connectivity index (χ0) is 12.4. The van der Waals surface area contributed by atoms with Gasteiger partial charge in [0.05, 0.1) is 0 Å². The van der Waals surface area contributed by atoms with Crippen molar-refractivity contribution in [1.82, 2.24) is 9.88 Å². The molecule has 0 bridgehead atoms. The van der Waals surface area contributed by atoms with E-state index in [1.165, 1.54) is 12.8 Å². The van der Waals surface area contributed by atoms with Crippen LogP contribution in [0, 0.1) is 5.92 Å². The van der Waals surface area contributed by atoms with Gasteiger partial charge in [-0.3, -0.25) is 4.90 Å². The van der Waals surface area contributed by atoms with E-state index < -0.39 is 0 Å². The molecule has 1 aromatic rings. The molecule has 1 aliphatic rings. The summed E-state index contributed by atoms with van der Waals surface area (Å²) in [7, 11) is 0. The predicted octanol–water partition coefficient (Wildman–Crippen LogP) is 4.01. The van der Waals surface area contributed by atoms with Crippen molar-refractivity contribution < 1.29 is 0 Å². The summed E-state index contributed by atoms with van der Waals surface area (Å²) in [5, 5.41) is 1.18. The van der Waals surface area contributed by atoms with Crippen molar-refractivity contribution in [2.75, 3.05) is 6.54 Å². The molecule has 2 atom stereocenters. The van der Waals surface area contributed by atoms with E-state index >= 15 is 0 Å². The number of hydrogen-bond acceptors (Lipinski definition) is 2. The molecule has 94 valence electrons. The summed E-state index contributed by atoms with van der Waals surface area (Å²) in [4.78, 5) is 6.58. The van der Waals surface area contributed by atoms with E-state index in [1.54, 1.807) is 12.3 Å². The van der Waals surface area contributed by atoms with Crippen LogP contribution in [0.25, 0.3) is 0 Å². The molecular formula is C13H18Cl2N2. The number of pyridine rings is 1. The Morgan fingerprint density at radius 1 is 1.35 bits per heavy atom. The van der Waals surface area contributed by atoms with Crippen LogP contribution in [0.3, 0.4) is 0 Å². The van der Waals surface area contributed by atoms with Gasteiger partial charge in [-0.05, 0) is 31.7 Å². The Morgan fingerprint density at radius 2 is 2.12 bits per heavy atom. The summed E-state index contributed by atoms with van der Waals surface area (Å²) in [5.74, 6) is 0.769. The largest absolute Gasteiger partial charge is 0.296 e. The van der Waals surface area contributed by atoms with Crippen LogP contribution in [0.4, 0.5) is 0 Å². The van der Waals surface area contributed by atoms with Crippen LogP contribution in [0.5, 0.6) is 0 Å². The van der Waals surface area contributed by atoms with Crippen molar-refractivity contribution in [3.8, 4) is 0 Å². The maximum atomic E-state index is 6.18. The first-order chi connectivity index (χ1) is 8.06. The van der Waals surface area contributed by atoms with Crippen molar-refractivity contribution in [2.24, 2.45) is 5.92 Å². The maximum Gasteiger partial charge on any atom is 0.130 e. The van der Waals surface area contributed by atoms with Gasteiger partial charge < -0.3 is 0 Å². The standard InChI is InChI=1S/C13H18Cl2N2/c1-9-3-4-10(2)17(7-9)8-11-6-16-13(15)5-12(11)14/h5-6,9-10H,3-4,7-8H2,1-2H3. The van der Waals surface area contributed by atoms with Gasteiger partial charge in [-0.15, -0.1) is 0 Å². The molecule has 1 fully saturated rings. The van der Waals surface area contributed by atoms with E-state index in [4.69, 9.17) is 23.2 Å². The number of halogens is 2. The predicted molar refractivity (Wildman–Crippen MR) is 72.5 cm³/mol. The van der Waals surface area contributed by atoms with Crippen molar-refractivity contribution in [1.29, 1.82) is 0 Å². The Bertz CT molecular complexity index is 395. The molecule has 4 heteroatoms. The molecule has 1 aliphatic heterocycles. The normalized spacial score (nSPS) is 26.1. The molecule has 1 saturated heterocycles. The number of rotatable bonds is 2. The van der Waals surface area contributed by atoms with Crippen LogP contribution in [0.15, 0.2) is 12.3 Å². The lowest BCUT2D eigenvalue weighted by molar-refractivity contribution is 0.117. The second-order valence-electron chi connectivity index (χ2n) is 5.06. The molecule has 2 rings (SSSR count). The minimum Gasteiger partial charge on any atom is -0.296 e. The minimum absolute atomic E-state index is 0.457. The van der Waals surface area contributed by atoms with E-state index in [2.05, 4.69) is 23.7 Å². The summed E-state index contributed by atoms with van der Waals surface area (Å²) in [5.41, 5.74) is 1.07. The highest BCUT2D eigenvalue weighted by Crippen LogP contribution is 2.26. The molecule has 1 aromatic heterocycles. The first-order valence-electron chi connectivity index (χ1n) is 6.10. The highest BCUT2D eigenvalue weighted by atomic mass is 35.5. The highest BCUT2D eigenvalue weighted by molar-refractivity contribution is 6.34. The monoisotopic (exact) mass is 272 g/mol.